The van der Waals surface area contributed by atoms with Crippen LogP contribution >= 0.6 is 0 Å². The summed E-state index contributed by atoms with van der Waals surface area (Å²) in [5.74, 6) is -1.34. The normalized spacial score (nSPS) is 13.8. The Morgan fingerprint density at radius 3 is 1.73 bits per heavy atom. The second kappa shape index (κ2) is 7.52. The maximum absolute atomic E-state index is 12.2. The summed E-state index contributed by atoms with van der Waals surface area (Å²) in [6.07, 6.45) is -4.80. The van der Waals surface area contributed by atoms with Gasteiger partial charge in [-0.25, -0.2) is 0 Å². The van der Waals surface area contributed by atoms with Gasteiger partial charge < -0.3 is 0 Å². The minimum absolute atomic E-state index is 0.164. The van der Waals surface area contributed by atoms with E-state index in [-0.39, 0.29) is 5.06 Å². The second-order valence-corrected chi connectivity index (χ2v) is 7.49. The molecule has 4 rings (SSSR count). The van der Waals surface area contributed by atoms with Gasteiger partial charge in [0.2, 0.25) is 0 Å². The number of hydrogen-bond donors (Lipinski definition) is 2. The van der Waals surface area contributed by atoms with Gasteiger partial charge in [0.1, 0.15) is 4.90 Å². The molecule has 0 fully saturated rings. The van der Waals surface area contributed by atoms with Crippen LogP contribution in [0.25, 0.3) is 10.8 Å². The number of rotatable bonds is 1. The van der Waals surface area contributed by atoms with Crippen molar-refractivity contribution in [2.75, 3.05) is 0 Å². The summed E-state index contributed by atoms with van der Waals surface area (Å²) in [6.45, 7) is 0. The van der Waals surface area contributed by atoms with Gasteiger partial charge in [-0.2, -0.15) is 21.6 Å². The Hall–Kier alpha value is -3.28. The van der Waals surface area contributed by atoms with Gasteiger partial charge in [0.05, 0.1) is 16.7 Å². The molecule has 0 saturated heterocycles. The topological polar surface area (TPSA) is 112 Å². The van der Waals surface area contributed by atoms with E-state index in [4.69, 9.17) is 4.55 Å². The first-order valence-electron chi connectivity index (χ1n) is 8.16. The first kappa shape index (κ1) is 21.4. The first-order chi connectivity index (χ1) is 13.9. The number of carbonyl (C=O) groups is 2. The van der Waals surface area contributed by atoms with Gasteiger partial charge in [0.15, 0.2) is 0 Å². The van der Waals surface area contributed by atoms with Crippen molar-refractivity contribution in [1.29, 1.82) is 0 Å². The monoisotopic (exact) mass is 439 g/mol. The lowest BCUT2D eigenvalue weighted by atomic mass is 9.95. The minimum Gasteiger partial charge on any atom is -0.282 e. The summed E-state index contributed by atoms with van der Waals surface area (Å²) >= 11 is 0. The zero-order valence-corrected chi connectivity index (χ0v) is 15.6. The van der Waals surface area contributed by atoms with Crippen LogP contribution in [0.15, 0.2) is 65.6 Å². The van der Waals surface area contributed by atoms with E-state index in [1.165, 1.54) is 0 Å². The molecule has 0 aromatic heterocycles. The summed E-state index contributed by atoms with van der Waals surface area (Å²) < 4.78 is 66.2. The van der Waals surface area contributed by atoms with E-state index < -0.39 is 38.6 Å². The van der Waals surface area contributed by atoms with E-state index in [1.807, 2.05) is 12.1 Å². The van der Waals surface area contributed by atoms with Crippen LogP contribution in [-0.2, 0) is 16.3 Å². The highest BCUT2D eigenvalue weighted by Crippen LogP contribution is 2.33. The van der Waals surface area contributed by atoms with E-state index in [0.29, 0.717) is 28.6 Å². The molecule has 3 aromatic carbocycles. The predicted octanol–water partition coefficient (Wildman–Crippen LogP) is 3.78. The molecule has 1 heterocycles. The summed E-state index contributed by atoms with van der Waals surface area (Å²) in [7, 11) is -4.84. The van der Waals surface area contributed by atoms with Gasteiger partial charge >= 0.3 is 6.18 Å². The van der Waals surface area contributed by atoms with Gasteiger partial charge in [-0.15, -0.1) is 5.06 Å². The van der Waals surface area contributed by atoms with Crippen molar-refractivity contribution in [3.63, 3.8) is 0 Å². The van der Waals surface area contributed by atoms with Crippen LogP contribution in [0.3, 0.4) is 0 Å². The number of hydroxylamine groups is 2. The van der Waals surface area contributed by atoms with Gasteiger partial charge in [-0.05, 0) is 29.7 Å². The number of halogens is 3. The third-order valence-corrected chi connectivity index (χ3v) is 5.13. The molecule has 30 heavy (non-hydrogen) atoms. The minimum atomic E-state index is -4.84. The lowest BCUT2D eigenvalue weighted by Crippen LogP contribution is -2.37. The molecule has 0 spiro atoms. The number of nitrogens with zero attached hydrogens (tertiary/aromatic N) is 1. The Bertz CT molecular complexity index is 1220. The van der Waals surface area contributed by atoms with Crippen molar-refractivity contribution in [2.24, 2.45) is 0 Å². The summed E-state index contributed by atoms with van der Waals surface area (Å²) in [5.41, 5.74) is -0.659. The Labute approximate surface area is 167 Å². The first-order valence-corrected chi connectivity index (χ1v) is 9.60. The van der Waals surface area contributed by atoms with Crippen LogP contribution in [0.4, 0.5) is 13.2 Å². The maximum atomic E-state index is 12.2. The number of imide groups is 1. The van der Waals surface area contributed by atoms with E-state index in [2.05, 4.69) is 0 Å². The van der Waals surface area contributed by atoms with Crippen LogP contribution in [0.1, 0.15) is 26.3 Å². The van der Waals surface area contributed by atoms with E-state index >= 15 is 0 Å². The Morgan fingerprint density at radius 1 is 0.800 bits per heavy atom. The molecule has 0 radical (unpaired) electrons. The largest absolute Gasteiger partial charge is 0.417 e. The van der Waals surface area contributed by atoms with Crippen molar-refractivity contribution in [3.05, 3.63) is 77.4 Å². The molecule has 2 amide bonds. The van der Waals surface area contributed by atoms with E-state index in [9.17, 15) is 36.4 Å². The summed E-state index contributed by atoms with van der Waals surface area (Å²) in [6, 6.07) is 13.7. The highest BCUT2D eigenvalue weighted by Gasteiger charge is 2.36. The molecule has 3 aromatic rings. The average molecular weight is 439 g/mol. The molecule has 1 aliphatic heterocycles. The maximum Gasteiger partial charge on any atom is 0.417 e. The van der Waals surface area contributed by atoms with Crippen LogP contribution in [0.2, 0.25) is 0 Å². The van der Waals surface area contributed by atoms with Gasteiger partial charge in [0, 0.05) is 5.39 Å². The fraction of sp³-hybridized carbons (Fsp3) is 0.0526. The second-order valence-electron chi connectivity index (χ2n) is 6.10. The standard InChI is InChI=1S/C12H7NO3.C7H5F3O3S/c14-11-8-5-1-3-7-4-2-6-9(10(7)8)12(15)13(11)16;8-7(9,10)5-3-1-2-4-6(5)14(11,12)13/h1-6,16H;1-4H,(H,11,12,13). The lowest BCUT2D eigenvalue weighted by molar-refractivity contribution is -0.140. The number of alkyl halides is 3. The Morgan fingerprint density at radius 2 is 1.30 bits per heavy atom. The lowest BCUT2D eigenvalue weighted by Gasteiger charge is -2.21. The molecular formula is C19H12F3NO6S. The van der Waals surface area contributed by atoms with E-state index in [0.717, 1.165) is 17.5 Å². The molecule has 7 nitrogen and oxygen atoms in total. The van der Waals surface area contributed by atoms with Crippen molar-refractivity contribution in [3.8, 4) is 0 Å². The van der Waals surface area contributed by atoms with Crippen molar-refractivity contribution in [1.82, 2.24) is 5.06 Å². The SMILES string of the molecule is O=C1c2cccc3cccc(c23)C(=O)N1O.O=S(=O)(O)c1ccccc1C(F)(F)F. The number of benzene rings is 3. The highest BCUT2D eigenvalue weighted by atomic mass is 32.2. The summed E-state index contributed by atoms with van der Waals surface area (Å²) in [5, 5.41) is 11.0. The Balaban J connectivity index is 0.000000173. The number of hydrogen-bond acceptors (Lipinski definition) is 5. The summed E-state index contributed by atoms with van der Waals surface area (Å²) in [4.78, 5) is 22.2. The third-order valence-electron chi connectivity index (χ3n) is 4.22. The zero-order valence-electron chi connectivity index (χ0n) is 14.8. The molecule has 0 atom stereocenters. The van der Waals surface area contributed by atoms with Crippen LogP contribution < -0.4 is 0 Å². The van der Waals surface area contributed by atoms with Crippen molar-refractivity contribution >= 4 is 32.7 Å². The van der Waals surface area contributed by atoms with Gasteiger partial charge in [0.25, 0.3) is 21.9 Å². The molecule has 0 saturated carbocycles. The molecule has 11 heteroatoms. The molecule has 0 unspecified atom stereocenters. The Kier molecular flexibility index (Phi) is 5.37. The zero-order chi connectivity index (χ0) is 22.3. The fourth-order valence-electron chi connectivity index (χ4n) is 2.94. The number of carbonyl (C=O) groups excluding carboxylic acids is 2. The molecule has 1 aliphatic rings. The van der Waals surface area contributed by atoms with Gasteiger partial charge in [-0.1, -0.05) is 36.4 Å². The molecule has 156 valence electrons. The fourth-order valence-corrected chi connectivity index (χ4v) is 3.66. The molecular weight excluding hydrogens is 427 g/mol. The molecule has 2 N–H and O–H groups in total. The predicted molar refractivity (Wildman–Crippen MR) is 97.5 cm³/mol. The van der Waals surface area contributed by atoms with Crippen LogP contribution in [-0.4, -0.2) is 35.1 Å². The third kappa shape index (κ3) is 3.90. The number of amides is 2. The molecule has 0 aliphatic carbocycles. The highest BCUT2D eigenvalue weighted by molar-refractivity contribution is 7.85. The van der Waals surface area contributed by atoms with Crippen LogP contribution in [0.5, 0.6) is 0 Å². The smallest absolute Gasteiger partial charge is 0.282 e. The molecule has 0 bridgehead atoms. The van der Waals surface area contributed by atoms with Crippen molar-refractivity contribution in [2.45, 2.75) is 11.1 Å². The van der Waals surface area contributed by atoms with Gasteiger partial charge in [-0.3, -0.25) is 19.3 Å². The average Bonchev–Trinajstić information content (AvgIpc) is 2.69. The quantitative estimate of drug-likeness (QED) is 0.339. The van der Waals surface area contributed by atoms with Crippen molar-refractivity contribution < 1.29 is 40.9 Å². The van der Waals surface area contributed by atoms with Crippen LogP contribution in [0, 0.1) is 0 Å². The van der Waals surface area contributed by atoms with E-state index in [1.54, 1.807) is 24.3 Å².